The van der Waals surface area contributed by atoms with Crippen molar-refractivity contribution < 1.29 is 33.1 Å². The molecule has 0 aromatic carbocycles. The first-order valence-electron chi connectivity index (χ1n) is 32.0. The molecule has 2 atom stereocenters. The Balaban J connectivity index is 5.36. The maximum atomic E-state index is 13.3. The summed E-state index contributed by atoms with van der Waals surface area (Å²) in [6.07, 6.45) is 20.9. The van der Waals surface area contributed by atoms with Gasteiger partial charge in [0, 0.05) is 19.3 Å². The number of hydrogen-bond donors (Lipinski definition) is 0. The van der Waals surface area contributed by atoms with Gasteiger partial charge in [0.2, 0.25) is 0 Å². The summed E-state index contributed by atoms with van der Waals surface area (Å²) in [7, 11) is 6.51. The number of esters is 3. The second kappa shape index (κ2) is 32.9. The lowest BCUT2D eigenvalue weighted by Gasteiger charge is -2.42. The Hall–Kier alpha value is -1.63. The van der Waals surface area contributed by atoms with Crippen molar-refractivity contribution in [3.8, 4) is 0 Å². The fourth-order valence-electron chi connectivity index (χ4n) is 15.0. The van der Waals surface area contributed by atoms with E-state index < -0.39 is 0 Å². The van der Waals surface area contributed by atoms with Crippen LogP contribution in [0.3, 0.4) is 0 Å². The van der Waals surface area contributed by atoms with Crippen LogP contribution in [0.1, 0.15) is 307 Å². The molecule has 0 fully saturated rings. The highest BCUT2D eigenvalue weighted by Gasteiger charge is 2.39. The zero-order valence-electron chi connectivity index (χ0n) is 57.1. The molecule has 0 amide bonds. The van der Waals surface area contributed by atoms with Gasteiger partial charge >= 0.3 is 17.9 Å². The molecule has 0 rings (SSSR count). The summed E-state index contributed by atoms with van der Waals surface area (Å²) >= 11 is 0. The van der Waals surface area contributed by atoms with Crippen LogP contribution in [0.15, 0.2) is 0 Å². The third kappa shape index (κ3) is 36.5. The van der Waals surface area contributed by atoms with E-state index in [0.717, 1.165) is 107 Å². The molecule has 77 heavy (non-hydrogen) atoms. The minimum Gasteiger partial charge on any atom is -0.465 e. The predicted molar refractivity (Wildman–Crippen MR) is 333 cm³/mol. The van der Waals surface area contributed by atoms with E-state index in [1.807, 2.05) is 0 Å². The van der Waals surface area contributed by atoms with Gasteiger partial charge in [0.25, 0.3) is 0 Å². The van der Waals surface area contributed by atoms with Gasteiger partial charge in [-0.25, -0.2) is 0 Å². The Morgan fingerprint density at radius 1 is 0.377 bits per heavy atom. The molecule has 0 saturated heterocycles. The van der Waals surface area contributed by atoms with Gasteiger partial charge in [-0.15, -0.1) is 0 Å². The lowest BCUT2D eigenvalue weighted by molar-refractivity contribution is -0.870. The molecular weight excluding hydrogens is 951 g/mol. The van der Waals surface area contributed by atoms with Crippen LogP contribution in [0.2, 0.25) is 0 Å². The zero-order valence-corrected chi connectivity index (χ0v) is 57.1. The molecule has 7 heteroatoms. The van der Waals surface area contributed by atoms with Gasteiger partial charge in [0.15, 0.2) is 0 Å². The first-order chi connectivity index (χ1) is 34.7. The highest BCUT2D eigenvalue weighted by molar-refractivity contribution is 5.70. The molecule has 0 heterocycles. The lowest BCUT2D eigenvalue weighted by Crippen LogP contribution is -2.35. The lowest BCUT2D eigenvalue weighted by atomic mass is 9.63. The Bertz CT molecular complexity index is 1550. The topological polar surface area (TPSA) is 78.9 Å². The molecule has 0 aliphatic rings. The summed E-state index contributed by atoms with van der Waals surface area (Å²) in [5.41, 5.74) is 0.603. The second-order valence-electron chi connectivity index (χ2n) is 34.4. The predicted octanol–water partition coefficient (Wildman–Crippen LogP) is 20.3. The number of rotatable bonds is 43. The standard InChI is InChI=1S/C70H138NO6/c1-53(2)38-40-58(55(5)6)69(21,22)49-67(17,18)51-75-60(72)35-30-44-65(13,14)47-63(9,10)42-28-33-57(77-62(74)37-32-46-71(25,26)27)34-29-43-64(11,12)48-66(15,16)45-31-36-61(73)76-52-68(19,20)50-70(23,24)59(56(7)8)41-39-54(3)4/h53-59H,28-52H2,1-27H3/q+1. The van der Waals surface area contributed by atoms with E-state index in [9.17, 15) is 14.4 Å². The molecule has 2 unspecified atom stereocenters. The van der Waals surface area contributed by atoms with E-state index in [2.05, 4.69) is 187 Å². The maximum absolute atomic E-state index is 13.3. The van der Waals surface area contributed by atoms with E-state index >= 15 is 0 Å². The van der Waals surface area contributed by atoms with Crippen LogP contribution in [0, 0.1) is 78.8 Å². The van der Waals surface area contributed by atoms with Crippen molar-refractivity contribution in [2.24, 2.45) is 78.8 Å². The average Bonchev–Trinajstić information content (AvgIpc) is 3.19. The summed E-state index contributed by atoms with van der Waals surface area (Å²) < 4.78 is 19.1. The van der Waals surface area contributed by atoms with Crippen molar-refractivity contribution in [1.82, 2.24) is 0 Å². The molecule has 0 N–H and O–H groups in total. The molecule has 0 aliphatic heterocycles. The molecule has 0 aromatic rings. The number of hydrogen-bond acceptors (Lipinski definition) is 6. The van der Waals surface area contributed by atoms with E-state index in [1.54, 1.807) is 0 Å². The van der Waals surface area contributed by atoms with Crippen molar-refractivity contribution in [3.63, 3.8) is 0 Å². The van der Waals surface area contributed by atoms with Gasteiger partial charge in [-0.05, 0) is 182 Å². The molecule has 7 nitrogen and oxygen atoms in total. The minimum absolute atomic E-state index is 0.0603. The maximum Gasteiger partial charge on any atom is 0.306 e. The summed E-state index contributed by atoms with van der Waals surface area (Å²) in [4.78, 5) is 39.5. The molecule has 458 valence electrons. The van der Waals surface area contributed by atoms with Gasteiger partial charge in [-0.3, -0.25) is 14.4 Å². The first kappa shape index (κ1) is 75.4. The van der Waals surface area contributed by atoms with Crippen LogP contribution in [0.4, 0.5) is 0 Å². The van der Waals surface area contributed by atoms with E-state index in [1.165, 1.54) is 25.7 Å². The Labute approximate surface area is 482 Å². The van der Waals surface area contributed by atoms with Crippen LogP contribution in [-0.2, 0) is 28.6 Å². The van der Waals surface area contributed by atoms with Crippen LogP contribution >= 0.6 is 0 Å². The van der Waals surface area contributed by atoms with Crippen molar-refractivity contribution in [2.75, 3.05) is 40.9 Å². The highest BCUT2D eigenvalue weighted by atomic mass is 16.5. The monoisotopic (exact) mass is 1090 g/mol. The third-order valence-electron chi connectivity index (χ3n) is 17.5. The highest BCUT2D eigenvalue weighted by Crippen LogP contribution is 2.47. The Morgan fingerprint density at radius 2 is 0.688 bits per heavy atom. The molecule has 0 spiro atoms. The number of nitrogens with zero attached hydrogens (tertiary/aromatic N) is 1. The number of quaternary nitrogens is 1. The van der Waals surface area contributed by atoms with Gasteiger partial charge in [-0.2, -0.15) is 0 Å². The first-order valence-corrected chi connectivity index (χ1v) is 32.0. The summed E-state index contributed by atoms with van der Waals surface area (Å²) in [5, 5.41) is 0. The van der Waals surface area contributed by atoms with Crippen molar-refractivity contribution in [3.05, 3.63) is 0 Å². The van der Waals surface area contributed by atoms with E-state index in [0.29, 0.717) is 68.0 Å². The summed E-state index contributed by atoms with van der Waals surface area (Å²) in [5.74, 6) is 3.76. The van der Waals surface area contributed by atoms with Crippen molar-refractivity contribution in [2.45, 2.75) is 314 Å². The fourth-order valence-corrected chi connectivity index (χ4v) is 15.0. The molecule has 0 saturated carbocycles. The normalized spacial score (nSPS) is 15.2. The number of carbonyl (C=O) groups excluding carboxylic acids is 3. The number of ether oxygens (including phenoxy) is 3. The van der Waals surface area contributed by atoms with Crippen LogP contribution in [0.5, 0.6) is 0 Å². The smallest absolute Gasteiger partial charge is 0.306 e. The minimum atomic E-state index is -0.0775. The summed E-state index contributed by atoms with van der Waals surface area (Å²) in [6, 6.07) is 0. The van der Waals surface area contributed by atoms with Gasteiger partial charge < -0.3 is 18.7 Å². The van der Waals surface area contributed by atoms with Crippen LogP contribution in [-0.4, -0.2) is 69.4 Å². The molecular formula is C70H138NO6+. The Kier molecular flexibility index (Phi) is 32.2. The van der Waals surface area contributed by atoms with Gasteiger partial charge in [0.1, 0.15) is 6.10 Å². The van der Waals surface area contributed by atoms with Gasteiger partial charge in [-0.1, -0.05) is 179 Å². The van der Waals surface area contributed by atoms with Crippen molar-refractivity contribution in [1.29, 1.82) is 0 Å². The van der Waals surface area contributed by atoms with E-state index in [4.69, 9.17) is 14.2 Å². The second-order valence-corrected chi connectivity index (χ2v) is 34.4. The fraction of sp³-hybridized carbons (Fsp3) is 0.957. The SMILES string of the molecule is CC(C)CCC(C(C)C)C(C)(C)CC(C)(C)COC(=O)CCCC(C)(C)CC(C)(C)CCCC(CCCC(C)(C)CC(C)(C)CCCC(=O)OCC(C)(C)CC(C)(C)C(CCC(C)C)C(C)C)OC(=O)CCC[N+](C)(C)C. The van der Waals surface area contributed by atoms with Crippen LogP contribution in [0.25, 0.3) is 0 Å². The third-order valence-corrected chi connectivity index (χ3v) is 17.5. The van der Waals surface area contributed by atoms with Crippen molar-refractivity contribution >= 4 is 17.9 Å². The number of carbonyl (C=O) groups is 3. The van der Waals surface area contributed by atoms with Gasteiger partial charge in [0.05, 0.1) is 47.3 Å². The Morgan fingerprint density at radius 3 is 0.987 bits per heavy atom. The quantitative estimate of drug-likeness (QED) is 0.0344. The summed E-state index contributed by atoms with van der Waals surface area (Å²) in [6.45, 7) is 58.4. The molecule has 0 aromatic heterocycles. The zero-order chi connectivity index (χ0) is 60.1. The van der Waals surface area contributed by atoms with Crippen LogP contribution < -0.4 is 0 Å². The molecule has 0 radical (unpaired) electrons. The molecule has 0 bridgehead atoms. The molecule has 0 aliphatic carbocycles. The average molecular weight is 1090 g/mol. The van der Waals surface area contributed by atoms with E-state index in [-0.39, 0.29) is 67.3 Å². The largest absolute Gasteiger partial charge is 0.465 e.